The summed E-state index contributed by atoms with van der Waals surface area (Å²) in [6.07, 6.45) is -4.35. The highest BCUT2D eigenvalue weighted by Gasteiger charge is 2.32. The van der Waals surface area contributed by atoms with Gasteiger partial charge in [0.1, 0.15) is 0 Å². The molecule has 0 bridgehead atoms. The summed E-state index contributed by atoms with van der Waals surface area (Å²) in [4.78, 5) is 1.99. The molecule has 1 aromatic carbocycles. The second kappa shape index (κ2) is 6.06. The van der Waals surface area contributed by atoms with Crippen LogP contribution in [-0.2, 0) is 12.7 Å². The van der Waals surface area contributed by atoms with Crippen LogP contribution >= 0.6 is 0 Å². The average Bonchev–Trinajstić information content (AvgIpc) is 2.26. The molecule has 3 N–H and O–H groups in total. The Kier molecular flexibility index (Phi) is 4.98. The van der Waals surface area contributed by atoms with Gasteiger partial charge in [0, 0.05) is 25.3 Å². The summed E-state index contributed by atoms with van der Waals surface area (Å²) in [5, 5.41) is 3.06. The van der Waals surface area contributed by atoms with Gasteiger partial charge in [-0.15, -0.1) is 0 Å². The van der Waals surface area contributed by atoms with E-state index in [1.165, 1.54) is 12.1 Å². The molecule has 0 atom stereocenters. The van der Waals surface area contributed by atoms with E-state index in [9.17, 15) is 13.2 Å². The number of benzene rings is 1. The first kappa shape index (κ1) is 14.8. The molecule has 0 radical (unpaired) electrons. The van der Waals surface area contributed by atoms with Gasteiger partial charge < -0.3 is 16.0 Å². The Morgan fingerprint density at radius 1 is 1.28 bits per heavy atom. The Hall–Kier alpha value is -1.27. The van der Waals surface area contributed by atoms with Crippen molar-refractivity contribution in [1.29, 1.82) is 0 Å². The lowest BCUT2D eigenvalue weighted by Crippen LogP contribution is -2.21. The fourth-order valence-corrected chi connectivity index (χ4v) is 1.57. The van der Waals surface area contributed by atoms with Gasteiger partial charge in [-0.1, -0.05) is 0 Å². The predicted molar refractivity (Wildman–Crippen MR) is 66.4 cm³/mol. The fraction of sp³-hybridized carbons (Fsp3) is 0.500. The molecule has 0 aromatic heterocycles. The lowest BCUT2D eigenvalue weighted by Gasteiger charge is -2.15. The van der Waals surface area contributed by atoms with E-state index >= 15 is 0 Å². The van der Waals surface area contributed by atoms with E-state index < -0.39 is 11.7 Å². The van der Waals surface area contributed by atoms with Gasteiger partial charge in [-0.2, -0.15) is 13.2 Å². The highest BCUT2D eigenvalue weighted by molar-refractivity contribution is 5.49. The molecule has 0 amide bonds. The van der Waals surface area contributed by atoms with E-state index in [0.717, 1.165) is 12.6 Å². The SMILES string of the molecule is CN(C)CCNc1ccc(C(F)(F)F)c(CN)c1. The molecule has 0 saturated heterocycles. The van der Waals surface area contributed by atoms with Crippen LogP contribution in [0.3, 0.4) is 0 Å². The molecule has 3 nitrogen and oxygen atoms in total. The van der Waals surface area contributed by atoms with Gasteiger partial charge in [0.2, 0.25) is 0 Å². The Labute approximate surface area is 105 Å². The molecular weight excluding hydrogens is 243 g/mol. The van der Waals surface area contributed by atoms with Crippen LogP contribution in [0.2, 0.25) is 0 Å². The number of alkyl halides is 3. The lowest BCUT2D eigenvalue weighted by molar-refractivity contribution is -0.138. The van der Waals surface area contributed by atoms with Crippen molar-refractivity contribution in [2.75, 3.05) is 32.5 Å². The maximum Gasteiger partial charge on any atom is 0.416 e. The van der Waals surface area contributed by atoms with E-state index in [-0.39, 0.29) is 12.1 Å². The summed E-state index contributed by atoms with van der Waals surface area (Å²) in [6, 6.07) is 3.95. The highest BCUT2D eigenvalue weighted by atomic mass is 19.4. The average molecular weight is 261 g/mol. The van der Waals surface area contributed by atoms with E-state index in [2.05, 4.69) is 5.32 Å². The number of nitrogens with one attached hydrogen (secondary N) is 1. The van der Waals surface area contributed by atoms with Gasteiger partial charge in [-0.05, 0) is 37.9 Å². The largest absolute Gasteiger partial charge is 0.416 e. The first-order chi connectivity index (χ1) is 8.34. The van der Waals surface area contributed by atoms with Crippen LogP contribution in [0.15, 0.2) is 18.2 Å². The van der Waals surface area contributed by atoms with Gasteiger partial charge in [-0.25, -0.2) is 0 Å². The summed E-state index contributed by atoms with van der Waals surface area (Å²) < 4.78 is 37.9. The van der Waals surface area contributed by atoms with Crippen molar-refractivity contribution in [2.45, 2.75) is 12.7 Å². The minimum Gasteiger partial charge on any atom is -0.384 e. The van der Waals surface area contributed by atoms with Crippen molar-refractivity contribution >= 4 is 5.69 Å². The van der Waals surface area contributed by atoms with Gasteiger partial charge in [0.05, 0.1) is 5.56 Å². The zero-order valence-electron chi connectivity index (χ0n) is 10.5. The summed E-state index contributed by atoms with van der Waals surface area (Å²) in [5.74, 6) is 0. The molecule has 0 fully saturated rings. The Morgan fingerprint density at radius 2 is 1.94 bits per heavy atom. The first-order valence-corrected chi connectivity index (χ1v) is 5.63. The fourth-order valence-electron chi connectivity index (χ4n) is 1.57. The van der Waals surface area contributed by atoms with Crippen LogP contribution in [0.5, 0.6) is 0 Å². The normalized spacial score (nSPS) is 11.9. The third kappa shape index (κ3) is 4.19. The van der Waals surface area contributed by atoms with Gasteiger partial charge in [-0.3, -0.25) is 0 Å². The van der Waals surface area contributed by atoms with Crippen LogP contribution in [0, 0.1) is 0 Å². The smallest absolute Gasteiger partial charge is 0.384 e. The van der Waals surface area contributed by atoms with Gasteiger partial charge in [0.15, 0.2) is 0 Å². The van der Waals surface area contributed by atoms with E-state index in [4.69, 9.17) is 5.73 Å². The number of halogens is 3. The minimum atomic E-state index is -4.35. The lowest BCUT2D eigenvalue weighted by atomic mass is 10.1. The number of likely N-dealkylation sites (N-methyl/N-ethyl adjacent to an activating group) is 1. The Bertz CT molecular complexity index is 389. The number of rotatable bonds is 5. The third-order valence-corrected chi connectivity index (χ3v) is 2.52. The van der Waals surface area contributed by atoms with Crippen LogP contribution < -0.4 is 11.1 Å². The standard InChI is InChI=1S/C12H18F3N3/c1-18(2)6-5-17-10-3-4-11(12(13,14)15)9(7-10)8-16/h3-4,7,17H,5-6,8,16H2,1-2H3. The van der Waals surface area contributed by atoms with Crippen molar-refractivity contribution in [3.63, 3.8) is 0 Å². The monoisotopic (exact) mass is 261 g/mol. The second-order valence-corrected chi connectivity index (χ2v) is 4.30. The van der Waals surface area contributed by atoms with Crippen molar-refractivity contribution in [2.24, 2.45) is 5.73 Å². The summed E-state index contributed by atoms with van der Waals surface area (Å²) in [7, 11) is 3.86. The first-order valence-electron chi connectivity index (χ1n) is 5.63. The molecule has 102 valence electrons. The quantitative estimate of drug-likeness (QED) is 0.853. The topological polar surface area (TPSA) is 41.3 Å². The molecule has 0 saturated carbocycles. The zero-order valence-corrected chi connectivity index (χ0v) is 10.5. The minimum absolute atomic E-state index is 0.109. The van der Waals surface area contributed by atoms with Crippen LogP contribution in [-0.4, -0.2) is 32.1 Å². The van der Waals surface area contributed by atoms with Crippen LogP contribution in [0.1, 0.15) is 11.1 Å². The second-order valence-electron chi connectivity index (χ2n) is 4.30. The van der Waals surface area contributed by atoms with Gasteiger partial charge in [0.25, 0.3) is 0 Å². The number of hydrogen-bond acceptors (Lipinski definition) is 3. The third-order valence-electron chi connectivity index (χ3n) is 2.52. The number of nitrogens with zero attached hydrogens (tertiary/aromatic N) is 1. The molecule has 0 aliphatic heterocycles. The molecule has 1 aromatic rings. The molecule has 0 aliphatic rings. The maximum atomic E-state index is 12.6. The number of anilines is 1. The number of hydrogen-bond donors (Lipinski definition) is 2. The molecule has 0 heterocycles. The summed E-state index contributed by atoms with van der Waals surface area (Å²) in [5.41, 5.74) is 5.46. The molecular formula is C12H18F3N3. The molecule has 0 aliphatic carbocycles. The zero-order chi connectivity index (χ0) is 13.8. The van der Waals surface area contributed by atoms with Crippen molar-refractivity contribution in [3.05, 3.63) is 29.3 Å². The van der Waals surface area contributed by atoms with Crippen molar-refractivity contribution < 1.29 is 13.2 Å². The molecule has 0 spiro atoms. The summed E-state index contributed by atoms with van der Waals surface area (Å²) in [6.45, 7) is 1.35. The van der Waals surface area contributed by atoms with E-state index in [1.807, 2.05) is 19.0 Å². The van der Waals surface area contributed by atoms with E-state index in [0.29, 0.717) is 12.2 Å². The molecule has 18 heavy (non-hydrogen) atoms. The Morgan fingerprint density at radius 3 is 2.44 bits per heavy atom. The maximum absolute atomic E-state index is 12.6. The van der Waals surface area contributed by atoms with Crippen LogP contribution in [0.4, 0.5) is 18.9 Å². The molecule has 1 rings (SSSR count). The van der Waals surface area contributed by atoms with Gasteiger partial charge >= 0.3 is 6.18 Å². The Balaban J connectivity index is 2.79. The highest BCUT2D eigenvalue weighted by Crippen LogP contribution is 2.33. The predicted octanol–water partition coefficient (Wildman–Crippen LogP) is 2.14. The summed E-state index contributed by atoms with van der Waals surface area (Å²) >= 11 is 0. The molecule has 0 unspecified atom stereocenters. The van der Waals surface area contributed by atoms with Crippen molar-refractivity contribution in [3.8, 4) is 0 Å². The number of nitrogens with two attached hydrogens (primary N) is 1. The van der Waals surface area contributed by atoms with Crippen LogP contribution in [0.25, 0.3) is 0 Å². The van der Waals surface area contributed by atoms with E-state index in [1.54, 1.807) is 0 Å². The van der Waals surface area contributed by atoms with Crippen molar-refractivity contribution in [1.82, 2.24) is 4.90 Å². The molecule has 6 heteroatoms.